The zero-order chi connectivity index (χ0) is 28.0. The fourth-order valence-corrected chi connectivity index (χ4v) is 3.95. The van der Waals surface area contributed by atoms with E-state index in [0.29, 0.717) is 10.2 Å². The molecule has 1 aliphatic rings. The summed E-state index contributed by atoms with van der Waals surface area (Å²) in [6.07, 6.45) is 3.16. The molecule has 7 nitrogen and oxygen atoms in total. The second kappa shape index (κ2) is 9.86. The summed E-state index contributed by atoms with van der Waals surface area (Å²) in [6.45, 7) is -3.67. The van der Waals surface area contributed by atoms with Crippen molar-refractivity contribution >= 4 is 17.5 Å². The van der Waals surface area contributed by atoms with E-state index < -0.39 is 41.9 Å². The number of carbonyl (C=O) groups is 1. The minimum absolute atomic E-state index is 0.0110. The fraction of sp³-hybridized carbons (Fsp3) is 0.348. The van der Waals surface area contributed by atoms with Crippen LogP contribution in [0.2, 0.25) is 5.02 Å². The summed E-state index contributed by atoms with van der Waals surface area (Å²) < 4.78 is 98.5. The second-order valence-electron chi connectivity index (χ2n) is 8.31. The predicted octanol–water partition coefficient (Wildman–Crippen LogP) is 5.42. The number of hydrogen-bond donors (Lipinski definition) is 0. The molecule has 0 unspecified atom stereocenters. The van der Waals surface area contributed by atoms with Crippen LogP contribution < -0.4 is 4.74 Å². The molecule has 2 heterocycles. The van der Waals surface area contributed by atoms with Gasteiger partial charge in [0.2, 0.25) is 0 Å². The van der Waals surface area contributed by atoms with E-state index in [4.69, 9.17) is 18.0 Å². The third-order valence-corrected chi connectivity index (χ3v) is 6.00. The topological polar surface area (TPSA) is 65.2 Å². The van der Waals surface area contributed by atoms with Gasteiger partial charge in [-0.25, -0.2) is 9.36 Å². The molecule has 2 aromatic heterocycles. The van der Waals surface area contributed by atoms with Gasteiger partial charge in [0.25, 0.3) is 5.91 Å². The van der Waals surface area contributed by atoms with Crippen molar-refractivity contribution in [3.63, 3.8) is 0 Å². The summed E-state index contributed by atoms with van der Waals surface area (Å²) in [6, 6.07) is 4.36. The van der Waals surface area contributed by atoms with Gasteiger partial charge in [0, 0.05) is 24.8 Å². The molecule has 0 aliphatic heterocycles. The van der Waals surface area contributed by atoms with E-state index in [0.717, 1.165) is 30.8 Å². The van der Waals surface area contributed by atoms with E-state index in [-0.39, 0.29) is 28.7 Å². The van der Waals surface area contributed by atoms with E-state index in [1.54, 1.807) is 0 Å². The van der Waals surface area contributed by atoms with Gasteiger partial charge in [0.15, 0.2) is 17.3 Å². The lowest BCUT2D eigenvalue weighted by atomic mass is 10.1. The van der Waals surface area contributed by atoms with Crippen molar-refractivity contribution in [2.45, 2.75) is 37.6 Å². The second-order valence-corrected chi connectivity index (χ2v) is 8.72. The molecule has 202 valence electrons. The highest BCUT2D eigenvalue weighted by Gasteiger charge is 2.62. The van der Waals surface area contributed by atoms with Crippen molar-refractivity contribution < 1.29 is 40.3 Å². The highest BCUT2D eigenvalue weighted by molar-refractivity contribution is 6.34. The summed E-state index contributed by atoms with van der Waals surface area (Å²) in [5, 5.41) is 7.14. The number of nitrogens with zero attached hydrogens (tertiary/aromatic N) is 5. The van der Waals surface area contributed by atoms with Crippen LogP contribution in [0, 0.1) is 12.3 Å². The van der Waals surface area contributed by atoms with E-state index in [2.05, 4.69) is 20.9 Å². The number of ether oxygens (including phenoxy) is 1. The number of aryl methyl sites for hydroxylation is 1. The molecule has 15 heteroatoms. The zero-order valence-corrected chi connectivity index (χ0v) is 20.1. The first kappa shape index (κ1) is 27.3. The molecule has 1 saturated carbocycles. The Morgan fingerprint density at radius 1 is 1.26 bits per heavy atom. The average molecular weight is 564 g/mol. The Kier molecular flexibility index (Phi) is 7.09. The van der Waals surface area contributed by atoms with Crippen LogP contribution in [-0.2, 0) is 13.0 Å². The van der Waals surface area contributed by atoms with Crippen LogP contribution in [0.3, 0.4) is 0 Å². The van der Waals surface area contributed by atoms with Crippen LogP contribution in [0.4, 0.5) is 30.7 Å². The van der Waals surface area contributed by atoms with Gasteiger partial charge in [-0.15, -0.1) is 6.42 Å². The van der Waals surface area contributed by atoms with Gasteiger partial charge < -0.3 is 9.64 Å². The van der Waals surface area contributed by atoms with Crippen LogP contribution in [0.1, 0.15) is 28.9 Å². The van der Waals surface area contributed by atoms with Gasteiger partial charge >= 0.3 is 18.7 Å². The normalized spacial score (nSPS) is 14.0. The van der Waals surface area contributed by atoms with Crippen molar-refractivity contribution in [2.24, 2.45) is 7.05 Å². The standard InChI is InChI=1S/C23H17ClF7N5O2/c1-3-8-35(14-5-6-14)20(37)15-9-12(4-7-16(15)24)13-10-32-36(11-13)19-17(38-21(25)26)18(33-34(19)2)22(27,28)23(29,30)31/h1,4,7,9-11,14,21H,5-6,8H2,2H3. The molecule has 1 aromatic carbocycles. The Labute approximate surface area is 215 Å². The molecule has 0 spiro atoms. The molecule has 0 saturated heterocycles. The minimum atomic E-state index is -6.13. The third kappa shape index (κ3) is 5.02. The SMILES string of the molecule is C#CCN(C(=O)c1cc(-c2cnn(-c3c(OC(F)F)c(C(F)(F)C(F)(F)F)nn3C)c2)ccc1Cl)C1CC1. The van der Waals surface area contributed by atoms with Crippen molar-refractivity contribution in [1.29, 1.82) is 0 Å². The maximum atomic E-state index is 14.1. The highest BCUT2D eigenvalue weighted by atomic mass is 35.5. The largest absolute Gasteiger partial charge is 0.459 e. The number of carbonyl (C=O) groups excluding carboxylic acids is 1. The van der Waals surface area contributed by atoms with Gasteiger partial charge in [0.1, 0.15) is 0 Å². The molecule has 3 aromatic rings. The van der Waals surface area contributed by atoms with E-state index in [1.807, 2.05) is 0 Å². The Morgan fingerprint density at radius 3 is 2.53 bits per heavy atom. The van der Waals surface area contributed by atoms with E-state index in [1.165, 1.54) is 29.3 Å². The van der Waals surface area contributed by atoms with Gasteiger partial charge in [0.05, 0.1) is 23.3 Å². The van der Waals surface area contributed by atoms with E-state index in [9.17, 15) is 35.5 Å². The predicted molar refractivity (Wildman–Crippen MR) is 120 cm³/mol. The molecule has 0 atom stereocenters. The van der Waals surface area contributed by atoms with E-state index >= 15 is 0 Å². The summed E-state index contributed by atoms with van der Waals surface area (Å²) in [5.41, 5.74) is -1.32. The lowest BCUT2D eigenvalue weighted by molar-refractivity contribution is -0.291. The van der Waals surface area contributed by atoms with Gasteiger partial charge in [-0.1, -0.05) is 23.6 Å². The monoisotopic (exact) mass is 563 g/mol. The molecule has 0 N–H and O–H groups in total. The maximum Gasteiger partial charge on any atom is 0.459 e. The average Bonchev–Trinajstić information content (AvgIpc) is 3.46. The van der Waals surface area contributed by atoms with Crippen LogP contribution in [-0.4, -0.2) is 55.7 Å². The lowest BCUT2D eigenvalue weighted by Gasteiger charge is -2.20. The Hall–Kier alpha value is -3.73. The number of amides is 1. The minimum Gasteiger partial charge on any atom is -0.428 e. The summed E-state index contributed by atoms with van der Waals surface area (Å²) >= 11 is 6.24. The summed E-state index contributed by atoms with van der Waals surface area (Å²) in [4.78, 5) is 14.6. The van der Waals surface area contributed by atoms with Crippen LogP contribution >= 0.6 is 11.6 Å². The van der Waals surface area contributed by atoms with Crippen molar-refractivity contribution in [2.75, 3.05) is 6.54 Å². The Balaban J connectivity index is 1.75. The first-order chi connectivity index (χ1) is 17.8. The molecule has 1 aliphatic carbocycles. The van der Waals surface area contributed by atoms with Crippen LogP contribution in [0.5, 0.6) is 5.75 Å². The maximum absolute atomic E-state index is 14.1. The quantitative estimate of drug-likeness (QED) is 0.271. The molecule has 1 fully saturated rings. The number of halogens is 8. The number of aromatic nitrogens is 4. The number of rotatable bonds is 8. The van der Waals surface area contributed by atoms with Gasteiger partial charge in [-0.3, -0.25) is 4.79 Å². The fourth-order valence-electron chi connectivity index (χ4n) is 3.75. The first-order valence-corrected chi connectivity index (χ1v) is 11.2. The first-order valence-electron chi connectivity index (χ1n) is 10.8. The number of terminal acetylenes is 1. The molecular formula is C23H17ClF7N5O2. The molecule has 1 amide bonds. The number of hydrogen-bond acceptors (Lipinski definition) is 4. The van der Waals surface area contributed by atoms with Crippen molar-refractivity contribution in [3.8, 4) is 35.0 Å². The van der Waals surface area contributed by atoms with Gasteiger partial charge in [-0.05, 0) is 30.5 Å². The number of alkyl halides is 7. The summed E-state index contributed by atoms with van der Waals surface area (Å²) in [7, 11) is 0.960. The number of benzene rings is 1. The molecule has 0 bridgehead atoms. The highest BCUT2D eigenvalue weighted by Crippen LogP contribution is 2.48. The molecular weight excluding hydrogens is 547 g/mol. The third-order valence-electron chi connectivity index (χ3n) is 5.67. The Bertz CT molecular complexity index is 1410. The molecule has 0 radical (unpaired) electrons. The Morgan fingerprint density at radius 2 is 1.95 bits per heavy atom. The smallest absolute Gasteiger partial charge is 0.428 e. The lowest BCUT2D eigenvalue weighted by Crippen LogP contribution is -2.34. The zero-order valence-electron chi connectivity index (χ0n) is 19.3. The molecule has 4 rings (SSSR count). The van der Waals surface area contributed by atoms with Crippen molar-refractivity contribution in [3.05, 3.63) is 46.9 Å². The van der Waals surface area contributed by atoms with Crippen LogP contribution in [0.15, 0.2) is 30.6 Å². The van der Waals surface area contributed by atoms with Gasteiger partial charge in [-0.2, -0.15) is 40.9 Å². The molecule has 38 heavy (non-hydrogen) atoms. The summed E-state index contributed by atoms with van der Waals surface area (Å²) in [5.74, 6) is -5.80. The van der Waals surface area contributed by atoms with Crippen molar-refractivity contribution in [1.82, 2.24) is 24.5 Å². The van der Waals surface area contributed by atoms with Crippen LogP contribution in [0.25, 0.3) is 16.9 Å².